The second kappa shape index (κ2) is 7.00. The lowest BCUT2D eigenvalue weighted by Gasteiger charge is -2.17. The molecule has 2 aromatic heterocycles. The van der Waals surface area contributed by atoms with Gasteiger partial charge in [-0.05, 0) is 24.8 Å². The van der Waals surface area contributed by atoms with Crippen LogP contribution in [0.5, 0.6) is 0 Å². The van der Waals surface area contributed by atoms with Gasteiger partial charge in [0.2, 0.25) is 5.91 Å². The molecular weight excluding hydrogens is 330 g/mol. The summed E-state index contributed by atoms with van der Waals surface area (Å²) in [5.41, 5.74) is -0.216. The highest BCUT2D eigenvalue weighted by atomic mass is 32.1. The molecule has 3 rings (SSSR count). The van der Waals surface area contributed by atoms with Gasteiger partial charge in [-0.25, -0.2) is 9.78 Å². The number of thiophene rings is 1. The molecule has 0 spiro atoms. The van der Waals surface area contributed by atoms with Crippen molar-refractivity contribution in [3.63, 3.8) is 0 Å². The average Bonchev–Trinajstić information content (AvgIpc) is 3.19. The second-order valence-electron chi connectivity index (χ2n) is 5.65. The fourth-order valence-corrected chi connectivity index (χ4v) is 3.48. The third-order valence-electron chi connectivity index (χ3n) is 3.93. The lowest BCUT2D eigenvalue weighted by atomic mass is 10.2. The highest BCUT2D eigenvalue weighted by molar-refractivity contribution is 7.16. The largest absolute Gasteiger partial charge is 0.350 e. The van der Waals surface area contributed by atoms with E-state index in [0.29, 0.717) is 36.3 Å². The zero-order chi connectivity index (χ0) is 17.1. The Kier molecular flexibility index (Phi) is 4.79. The van der Waals surface area contributed by atoms with Gasteiger partial charge in [0.1, 0.15) is 11.4 Å². The molecule has 0 aliphatic carbocycles. The third kappa shape index (κ3) is 3.40. The predicted molar refractivity (Wildman–Crippen MR) is 91.1 cm³/mol. The molecule has 3 amide bonds. The highest BCUT2D eigenvalue weighted by Crippen LogP contribution is 2.13. The number of hydrogen-bond acceptors (Lipinski definition) is 5. The monoisotopic (exact) mass is 349 g/mol. The van der Waals surface area contributed by atoms with E-state index in [9.17, 15) is 14.4 Å². The summed E-state index contributed by atoms with van der Waals surface area (Å²) in [5, 5.41) is 7.95. The summed E-state index contributed by atoms with van der Waals surface area (Å²) >= 11 is 1.39. The van der Waals surface area contributed by atoms with Gasteiger partial charge in [-0.2, -0.15) is 0 Å². The number of hydrogen-bond donors (Lipinski definition) is 2. The van der Waals surface area contributed by atoms with Crippen LogP contribution in [0.2, 0.25) is 0 Å². The predicted octanol–water partition coefficient (Wildman–Crippen LogP) is 0.378. The first-order valence-corrected chi connectivity index (χ1v) is 8.71. The van der Waals surface area contributed by atoms with E-state index in [1.807, 2.05) is 6.92 Å². The first kappa shape index (κ1) is 16.4. The number of fused-ring (bicyclic) bond motifs is 1. The van der Waals surface area contributed by atoms with Crippen molar-refractivity contribution in [2.45, 2.75) is 25.9 Å². The maximum Gasteiger partial charge on any atom is 0.317 e. The van der Waals surface area contributed by atoms with Gasteiger partial charge in [-0.3, -0.25) is 14.2 Å². The minimum atomic E-state index is -0.253. The topological polar surface area (TPSA) is 96.3 Å². The maximum atomic E-state index is 12.3. The molecule has 24 heavy (non-hydrogen) atoms. The zero-order valence-corrected chi connectivity index (χ0v) is 14.1. The summed E-state index contributed by atoms with van der Waals surface area (Å²) in [5.74, 6) is -0.253. The van der Waals surface area contributed by atoms with E-state index in [1.54, 1.807) is 16.3 Å². The molecule has 0 bridgehead atoms. The summed E-state index contributed by atoms with van der Waals surface area (Å²) < 4.78 is 1.31. The van der Waals surface area contributed by atoms with Crippen LogP contribution in [0.3, 0.4) is 0 Å². The van der Waals surface area contributed by atoms with Crippen molar-refractivity contribution in [2.75, 3.05) is 19.6 Å². The van der Waals surface area contributed by atoms with E-state index in [-0.39, 0.29) is 30.1 Å². The molecule has 0 aromatic carbocycles. The number of carbonyl (C=O) groups excluding carboxylic acids is 2. The van der Waals surface area contributed by atoms with Crippen LogP contribution in [-0.4, -0.2) is 52.1 Å². The van der Waals surface area contributed by atoms with Crippen LogP contribution in [-0.2, 0) is 11.3 Å². The summed E-state index contributed by atoms with van der Waals surface area (Å²) in [6.07, 6.45) is 2.11. The van der Waals surface area contributed by atoms with Gasteiger partial charge in [0.25, 0.3) is 5.56 Å². The van der Waals surface area contributed by atoms with Gasteiger partial charge in [0.15, 0.2) is 0 Å². The smallest absolute Gasteiger partial charge is 0.317 e. The first-order valence-electron chi connectivity index (χ1n) is 7.83. The molecule has 1 aliphatic rings. The Morgan fingerprint density at radius 2 is 2.29 bits per heavy atom. The number of aromatic nitrogens is 2. The van der Waals surface area contributed by atoms with Crippen LogP contribution in [0, 0.1) is 0 Å². The third-order valence-corrected chi connectivity index (χ3v) is 4.75. The molecular formula is C15H19N5O3S. The Balaban J connectivity index is 1.59. The molecule has 0 radical (unpaired) electrons. The Morgan fingerprint density at radius 3 is 3.08 bits per heavy atom. The van der Waals surface area contributed by atoms with Crippen molar-refractivity contribution in [1.29, 1.82) is 0 Å². The van der Waals surface area contributed by atoms with Crippen molar-refractivity contribution >= 4 is 33.5 Å². The Hall–Kier alpha value is -2.42. The standard InChI is InChI=1S/C15H19N5O3S/c1-2-16-15(23)19-5-3-10(7-19)18-12(21)8-20-9-17-13-11(14(20)22)4-6-24-13/h4,6,9-10H,2-3,5,7-8H2,1H3,(H,16,23)(H,18,21). The second-order valence-corrected chi connectivity index (χ2v) is 6.55. The number of nitrogens with zero attached hydrogens (tertiary/aromatic N) is 3. The van der Waals surface area contributed by atoms with E-state index in [4.69, 9.17) is 0 Å². The van der Waals surface area contributed by atoms with Crippen LogP contribution in [0.4, 0.5) is 4.79 Å². The van der Waals surface area contributed by atoms with Crippen LogP contribution >= 0.6 is 11.3 Å². The van der Waals surface area contributed by atoms with E-state index in [0.717, 1.165) is 0 Å². The number of carbonyl (C=O) groups is 2. The molecule has 1 unspecified atom stereocenters. The molecule has 1 fully saturated rings. The molecule has 9 heteroatoms. The van der Waals surface area contributed by atoms with Crippen LogP contribution in [0.1, 0.15) is 13.3 Å². The van der Waals surface area contributed by atoms with Gasteiger partial charge in [0, 0.05) is 25.7 Å². The maximum absolute atomic E-state index is 12.3. The summed E-state index contributed by atoms with van der Waals surface area (Å²) in [7, 11) is 0. The Morgan fingerprint density at radius 1 is 1.46 bits per heavy atom. The summed E-state index contributed by atoms with van der Waals surface area (Å²) in [6.45, 7) is 3.46. The number of urea groups is 1. The van der Waals surface area contributed by atoms with E-state index >= 15 is 0 Å². The van der Waals surface area contributed by atoms with Crippen molar-refractivity contribution in [3.8, 4) is 0 Å². The quantitative estimate of drug-likeness (QED) is 0.834. The van der Waals surface area contributed by atoms with Gasteiger partial charge in [0.05, 0.1) is 11.7 Å². The molecule has 0 saturated carbocycles. The molecule has 3 heterocycles. The SMILES string of the molecule is CCNC(=O)N1CCC(NC(=O)Cn2cnc3sccc3c2=O)C1. The summed E-state index contributed by atoms with van der Waals surface area (Å²) in [4.78, 5) is 42.7. The lowest BCUT2D eigenvalue weighted by molar-refractivity contribution is -0.122. The van der Waals surface area contributed by atoms with Crippen LogP contribution < -0.4 is 16.2 Å². The molecule has 1 aliphatic heterocycles. The van der Waals surface area contributed by atoms with E-state index < -0.39 is 0 Å². The zero-order valence-electron chi connectivity index (χ0n) is 13.3. The highest BCUT2D eigenvalue weighted by Gasteiger charge is 2.27. The fourth-order valence-electron chi connectivity index (χ4n) is 2.76. The molecule has 1 saturated heterocycles. The van der Waals surface area contributed by atoms with Gasteiger partial charge >= 0.3 is 6.03 Å². The Labute approximate surface area is 142 Å². The molecule has 2 aromatic rings. The summed E-state index contributed by atoms with van der Waals surface area (Å²) in [6, 6.07) is 1.51. The normalized spacial score (nSPS) is 17.2. The van der Waals surface area contributed by atoms with E-state index in [1.165, 1.54) is 22.2 Å². The van der Waals surface area contributed by atoms with Crippen molar-refractivity contribution in [3.05, 3.63) is 28.1 Å². The minimum absolute atomic E-state index is 0.0741. The number of likely N-dealkylation sites (tertiary alicyclic amines) is 1. The molecule has 128 valence electrons. The van der Waals surface area contributed by atoms with Crippen molar-refractivity contribution < 1.29 is 9.59 Å². The number of rotatable bonds is 4. The van der Waals surface area contributed by atoms with Crippen molar-refractivity contribution in [2.24, 2.45) is 0 Å². The van der Waals surface area contributed by atoms with Crippen LogP contribution in [0.15, 0.2) is 22.6 Å². The molecule has 8 nitrogen and oxygen atoms in total. The van der Waals surface area contributed by atoms with Crippen LogP contribution in [0.25, 0.3) is 10.2 Å². The Bertz CT molecular complexity index is 815. The van der Waals surface area contributed by atoms with Gasteiger partial charge in [-0.15, -0.1) is 11.3 Å². The number of amides is 3. The fraction of sp³-hybridized carbons (Fsp3) is 0.467. The minimum Gasteiger partial charge on any atom is -0.350 e. The van der Waals surface area contributed by atoms with E-state index in [2.05, 4.69) is 15.6 Å². The van der Waals surface area contributed by atoms with Crippen molar-refractivity contribution in [1.82, 2.24) is 25.1 Å². The average molecular weight is 349 g/mol. The first-order chi connectivity index (χ1) is 11.6. The molecule has 1 atom stereocenters. The van der Waals surface area contributed by atoms with Gasteiger partial charge < -0.3 is 15.5 Å². The lowest BCUT2D eigenvalue weighted by Crippen LogP contribution is -2.43. The number of nitrogens with one attached hydrogen (secondary N) is 2. The molecule has 2 N–H and O–H groups in total. The van der Waals surface area contributed by atoms with Gasteiger partial charge in [-0.1, -0.05) is 0 Å².